The summed E-state index contributed by atoms with van der Waals surface area (Å²) in [6.07, 6.45) is 0. The number of benzene rings is 2. The minimum absolute atomic E-state index is 0.172. The van der Waals surface area contributed by atoms with E-state index in [0.717, 1.165) is 16.2 Å². The number of halogens is 1. The molecule has 0 aliphatic carbocycles. The zero-order valence-corrected chi connectivity index (χ0v) is 19.9. The lowest BCUT2D eigenvalue weighted by Crippen LogP contribution is -2.29. The van der Waals surface area contributed by atoms with Crippen LogP contribution in [0.5, 0.6) is 0 Å². The number of thiazole rings is 1. The first-order chi connectivity index (χ1) is 16.7. The average Bonchev–Trinajstić information content (AvgIpc) is 3.48. The fourth-order valence-electron chi connectivity index (χ4n) is 4.17. The van der Waals surface area contributed by atoms with Gasteiger partial charge in [0, 0.05) is 12.1 Å². The van der Waals surface area contributed by atoms with Crippen LogP contribution in [0.1, 0.15) is 28.7 Å². The van der Waals surface area contributed by atoms with Crippen LogP contribution in [0.25, 0.3) is 16.0 Å². The van der Waals surface area contributed by atoms with Crippen molar-refractivity contribution in [2.24, 2.45) is 0 Å². The summed E-state index contributed by atoms with van der Waals surface area (Å²) < 4.78 is 6.18. The number of amides is 1. The van der Waals surface area contributed by atoms with E-state index in [1.165, 1.54) is 18.2 Å². The minimum Gasteiger partial charge on any atom is -0.507 e. The van der Waals surface area contributed by atoms with Crippen molar-refractivity contribution in [3.05, 3.63) is 91.9 Å². The number of aliphatic hydroxyl groups excluding tert-OH is 1. The molecule has 1 unspecified atom stereocenters. The predicted octanol–water partition coefficient (Wildman–Crippen LogP) is 5.69. The second kappa shape index (κ2) is 8.33. The number of aryl methyl sites for hydroxylation is 2. The molecule has 11 heteroatoms. The van der Waals surface area contributed by atoms with Crippen LogP contribution in [-0.4, -0.2) is 26.7 Å². The van der Waals surface area contributed by atoms with Crippen LogP contribution in [-0.2, 0) is 9.59 Å². The van der Waals surface area contributed by atoms with Crippen molar-refractivity contribution < 1.29 is 24.0 Å². The fraction of sp³-hybridized carbons (Fsp3) is 0.125. The molecule has 1 atom stereocenters. The number of Topliss-reactive ketones (excluding diaryl/α,β-unsaturated/α-hetero) is 1. The van der Waals surface area contributed by atoms with Gasteiger partial charge in [-0.15, -0.1) is 0 Å². The first kappa shape index (κ1) is 22.8. The third-order valence-electron chi connectivity index (χ3n) is 5.70. The highest BCUT2D eigenvalue weighted by atomic mass is 35.5. The molecule has 1 N–H and O–H groups in total. The molecule has 3 heterocycles. The van der Waals surface area contributed by atoms with Crippen LogP contribution in [0.4, 0.5) is 10.8 Å². The van der Waals surface area contributed by atoms with Crippen LogP contribution in [0.3, 0.4) is 0 Å². The monoisotopic (exact) mass is 509 g/mol. The number of anilines is 1. The molecule has 176 valence electrons. The fourth-order valence-corrected chi connectivity index (χ4v) is 5.46. The van der Waals surface area contributed by atoms with Crippen molar-refractivity contribution in [2.75, 3.05) is 4.90 Å². The first-order valence-electron chi connectivity index (χ1n) is 10.3. The molecule has 1 aliphatic rings. The Hall–Kier alpha value is -4.02. The van der Waals surface area contributed by atoms with E-state index >= 15 is 0 Å². The van der Waals surface area contributed by atoms with Crippen molar-refractivity contribution in [1.29, 1.82) is 0 Å². The summed E-state index contributed by atoms with van der Waals surface area (Å²) in [6, 6.07) is 11.1. The topological polar surface area (TPSA) is 127 Å². The van der Waals surface area contributed by atoms with E-state index in [1.54, 1.807) is 44.2 Å². The summed E-state index contributed by atoms with van der Waals surface area (Å²) in [7, 11) is 0. The molecule has 2 aromatic carbocycles. The molecule has 2 aromatic heterocycles. The predicted molar refractivity (Wildman–Crippen MR) is 131 cm³/mol. The van der Waals surface area contributed by atoms with E-state index in [2.05, 4.69) is 4.98 Å². The summed E-state index contributed by atoms with van der Waals surface area (Å²) in [5, 5.41) is 23.2. The number of carbonyl (C=O) groups excluding carboxylic acids is 2. The Morgan fingerprint density at radius 2 is 1.94 bits per heavy atom. The molecule has 5 rings (SSSR count). The average molecular weight is 510 g/mol. The number of nitrogens with zero attached hydrogens (tertiary/aromatic N) is 3. The highest BCUT2D eigenvalue weighted by molar-refractivity contribution is 7.22. The molecule has 0 bridgehead atoms. The van der Waals surface area contributed by atoms with Crippen molar-refractivity contribution in [3.63, 3.8) is 0 Å². The van der Waals surface area contributed by atoms with E-state index in [9.17, 15) is 24.8 Å². The van der Waals surface area contributed by atoms with Crippen LogP contribution in [0, 0.1) is 24.0 Å². The van der Waals surface area contributed by atoms with Gasteiger partial charge in [-0.2, -0.15) is 0 Å². The third-order valence-corrected chi connectivity index (χ3v) is 7.03. The first-order valence-corrected chi connectivity index (χ1v) is 11.5. The Morgan fingerprint density at radius 3 is 2.60 bits per heavy atom. The van der Waals surface area contributed by atoms with Crippen molar-refractivity contribution >= 4 is 61.4 Å². The lowest BCUT2D eigenvalue weighted by atomic mass is 9.95. The maximum absolute atomic E-state index is 13.3. The number of carbonyl (C=O) groups is 2. The van der Waals surface area contributed by atoms with Gasteiger partial charge in [-0.1, -0.05) is 41.1 Å². The molecule has 0 radical (unpaired) electrons. The number of nitro groups is 1. The molecule has 1 aliphatic heterocycles. The molecule has 9 nitrogen and oxygen atoms in total. The number of ketones is 1. The number of aliphatic hydroxyl groups is 1. The van der Waals surface area contributed by atoms with E-state index in [0.29, 0.717) is 26.8 Å². The number of aromatic nitrogens is 1. The lowest BCUT2D eigenvalue weighted by Gasteiger charge is -2.22. The van der Waals surface area contributed by atoms with Crippen molar-refractivity contribution in [3.8, 4) is 0 Å². The smallest absolute Gasteiger partial charge is 0.301 e. The SMILES string of the molecule is Cc1cc(C(O)=C2C(=O)C(=O)N(c3nc4c(Cl)cccc4s3)C2c2cccc([N+](=O)[O-])c2)c(C)o1. The zero-order chi connectivity index (χ0) is 25.0. The molecule has 1 amide bonds. The number of hydrogen-bond acceptors (Lipinski definition) is 8. The number of hydrogen-bond donors (Lipinski definition) is 1. The van der Waals surface area contributed by atoms with Gasteiger partial charge in [-0.3, -0.25) is 24.6 Å². The van der Waals surface area contributed by atoms with Crippen molar-refractivity contribution in [1.82, 2.24) is 4.98 Å². The Bertz CT molecular complexity index is 1590. The highest BCUT2D eigenvalue weighted by Gasteiger charge is 2.48. The van der Waals surface area contributed by atoms with Gasteiger partial charge in [-0.25, -0.2) is 4.98 Å². The number of non-ortho nitro benzene ring substituents is 1. The van der Waals surface area contributed by atoms with Gasteiger partial charge < -0.3 is 9.52 Å². The molecular formula is C24H16ClN3O6S. The summed E-state index contributed by atoms with van der Waals surface area (Å²) in [5.41, 5.74) is 0.530. The molecule has 1 saturated heterocycles. The molecule has 35 heavy (non-hydrogen) atoms. The summed E-state index contributed by atoms with van der Waals surface area (Å²) in [5.74, 6) is -1.43. The molecule has 1 fully saturated rings. The quantitative estimate of drug-likeness (QED) is 0.123. The standard InChI is InChI=1S/C24H16ClN3O6S/c1-11-9-15(12(2)34-11)21(29)18-20(13-5-3-6-14(10-13)28(32)33)27(23(31)22(18)30)24-26-19-16(25)7-4-8-17(19)35-24/h3-10,20,29H,1-2H3. The second-order valence-corrected chi connectivity index (χ2v) is 9.35. The van der Waals surface area contributed by atoms with Gasteiger partial charge in [0.2, 0.25) is 0 Å². The Labute approximate surface area is 207 Å². The number of furan rings is 1. The largest absolute Gasteiger partial charge is 0.507 e. The number of para-hydroxylation sites is 1. The number of nitro benzene ring substituents is 1. The van der Waals surface area contributed by atoms with Crippen LogP contribution in [0.2, 0.25) is 5.02 Å². The maximum atomic E-state index is 13.3. The molecule has 0 spiro atoms. The van der Waals surface area contributed by atoms with E-state index < -0.39 is 28.4 Å². The van der Waals surface area contributed by atoms with Gasteiger partial charge in [-0.05, 0) is 37.6 Å². The van der Waals surface area contributed by atoms with Crippen LogP contribution < -0.4 is 4.90 Å². The van der Waals surface area contributed by atoms with Gasteiger partial charge >= 0.3 is 5.91 Å². The molecule has 4 aromatic rings. The molecule has 0 saturated carbocycles. The lowest BCUT2D eigenvalue weighted by molar-refractivity contribution is -0.384. The highest BCUT2D eigenvalue weighted by Crippen LogP contribution is 2.45. The van der Waals surface area contributed by atoms with E-state index in [4.69, 9.17) is 16.0 Å². The number of fused-ring (bicyclic) bond motifs is 1. The minimum atomic E-state index is -1.16. The number of rotatable bonds is 4. The molecular weight excluding hydrogens is 494 g/mol. The Kier molecular flexibility index (Phi) is 5.42. The van der Waals surface area contributed by atoms with E-state index in [-0.39, 0.29) is 27.5 Å². The Morgan fingerprint density at radius 1 is 1.20 bits per heavy atom. The van der Waals surface area contributed by atoms with E-state index in [1.807, 2.05) is 0 Å². The van der Waals surface area contributed by atoms with Gasteiger partial charge in [0.05, 0.1) is 31.8 Å². The van der Waals surface area contributed by atoms with Crippen LogP contribution in [0.15, 0.2) is 58.5 Å². The van der Waals surface area contributed by atoms with Crippen LogP contribution >= 0.6 is 22.9 Å². The summed E-state index contributed by atoms with van der Waals surface area (Å²) in [4.78, 5) is 43.1. The normalized spacial score (nSPS) is 17.5. The van der Waals surface area contributed by atoms with Crippen molar-refractivity contribution in [2.45, 2.75) is 19.9 Å². The zero-order valence-electron chi connectivity index (χ0n) is 18.3. The Balaban J connectivity index is 1.78. The second-order valence-electron chi connectivity index (χ2n) is 7.93. The van der Waals surface area contributed by atoms with Gasteiger partial charge in [0.15, 0.2) is 5.13 Å². The van der Waals surface area contributed by atoms with Gasteiger partial charge in [0.25, 0.3) is 11.5 Å². The van der Waals surface area contributed by atoms with Gasteiger partial charge in [0.1, 0.15) is 22.8 Å². The third kappa shape index (κ3) is 3.67. The summed E-state index contributed by atoms with van der Waals surface area (Å²) in [6.45, 7) is 3.31. The maximum Gasteiger partial charge on any atom is 0.301 e. The summed E-state index contributed by atoms with van der Waals surface area (Å²) >= 11 is 7.41.